The normalized spacial score (nSPS) is 13.9. The predicted octanol–water partition coefficient (Wildman–Crippen LogP) is 3.27. The van der Waals surface area contributed by atoms with Gasteiger partial charge in [0.1, 0.15) is 0 Å². The maximum absolute atomic E-state index is 5.35. The van der Waals surface area contributed by atoms with Crippen LogP contribution < -0.4 is 14.8 Å². The highest BCUT2D eigenvalue weighted by Gasteiger charge is 2.16. The van der Waals surface area contributed by atoms with Crippen LogP contribution in [0.4, 0.5) is 0 Å². The maximum atomic E-state index is 5.35. The number of ether oxygens (including phenoxy) is 2. The molecule has 0 aliphatic rings. The van der Waals surface area contributed by atoms with Crippen molar-refractivity contribution in [3.05, 3.63) is 23.8 Å². The second kappa shape index (κ2) is 8.05. The van der Waals surface area contributed by atoms with Gasteiger partial charge in [0.25, 0.3) is 0 Å². The first-order valence-electron chi connectivity index (χ1n) is 7.04. The molecule has 0 saturated heterocycles. The summed E-state index contributed by atoms with van der Waals surface area (Å²) in [7, 11) is 5.38. The smallest absolute Gasteiger partial charge is 0.160 e. The van der Waals surface area contributed by atoms with Gasteiger partial charge in [-0.05, 0) is 43.5 Å². The van der Waals surface area contributed by atoms with Crippen LogP contribution in [0.5, 0.6) is 11.5 Å². The van der Waals surface area contributed by atoms with E-state index in [1.165, 1.54) is 18.4 Å². The zero-order valence-electron chi connectivity index (χ0n) is 12.8. The molecule has 0 aromatic heterocycles. The Bertz CT molecular complexity index is 379. The van der Waals surface area contributed by atoms with Crippen LogP contribution in [0.25, 0.3) is 0 Å². The Hall–Kier alpha value is -1.22. The molecule has 1 aromatic rings. The van der Waals surface area contributed by atoms with E-state index in [2.05, 4.69) is 31.3 Å². The molecule has 0 aliphatic carbocycles. The first kappa shape index (κ1) is 15.8. The Morgan fingerprint density at radius 3 is 2.37 bits per heavy atom. The van der Waals surface area contributed by atoms with Crippen LogP contribution in [-0.2, 0) is 6.42 Å². The Balaban J connectivity index is 2.79. The van der Waals surface area contributed by atoms with Crippen molar-refractivity contribution in [2.24, 2.45) is 5.92 Å². The molecule has 2 atom stereocenters. The van der Waals surface area contributed by atoms with Gasteiger partial charge in [0.2, 0.25) is 0 Å². The predicted molar refractivity (Wildman–Crippen MR) is 80.2 cm³/mol. The van der Waals surface area contributed by atoms with E-state index in [1.54, 1.807) is 14.2 Å². The van der Waals surface area contributed by atoms with Crippen LogP contribution in [-0.4, -0.2) is 27.3 Å². The maximum Gasteiger partial charge on any atom is 0.160 e. The lowest BCUT2D eigenvalue weighted by Gasteiger charge is -2.23. The molecule has 1 rings (SSSR count). The van der Waals surface area contributed by atoms with Gasteiger partial charge in [-0.15, -0.1) is 0 Å². The van der Waals surface area contributed by atoms with Gasteiger partial charge in [-0.1, -0.05) is 26.3 Å². The van der Waals surface area contributed by atoms with Gasteiger partial charge < -0.3 is 14.8 Å². The molecule has 2 unspecified atom stereocenters. The fraction of sp³-hybridized carbons (Fsp3) is 0.625. The summed E-state index contributed by atoms with van der Waals surface area (Å²) in [5, 5.41) is 3.43. The molecule has 19 heavy (non-hydrogen) atoms. The third-order valence-corrected chi connectivity index (χ3v) is 3.71. The number of methoxy groups -OCH3 is 2. The molecular formula is C16H27NO2. The highest BCUT2D eigenvalue weighted by atomic mass is 16.5. The second-order valence-electron chi connectivity index (χ2n) is 5.05. The third kappa shape index (κ3) is 4.43. The first-order valence-corrected chi connectivity index (χ1v) is 7.04. The molecule has 3 nitrogen and oxygen atoms in total. The molecule has 1 N–H and O–H groups in total. The van der Waals surface area contributed by atoms with Gasteiger partial charge in [-0.3, -0.25) is 0 Å². The van der Waals surface area contributed by atoms with Crippen molar-refractivity contribution >= 4 is 0 Å². The highest BCUT2D eigenvalue weighted by Crippen LogP contribution is 2.28. The molecule has 0 bridgehead atoms. The number of benzene rings is 1. The summed E-state index contributed by atoms with van der Waals surface area (Å²) in [5.74, 6) is 2.26. The lowest BCUT2D eigenvalue weighted by molar-refractivity contribution is 0.352. The Morgan fingerprint density at radius 2 is 1.84 bits per heavy atom. The molecule has 0 radical (unpaired) electrons. The quantitative estimate of drug-likeness (QED) is 0.782. The molecule has 0 aliphatic heterocycles. The SMILES string of the molecule is CCCC(C)C(Cc1ccc(OC)c(OC)c1)NC. The summed E-state index contributed by atoms with van der Waals surface area (Å²) in [5.41, 5.74) is 1.28. The molecule has 0 spiro atoms. The fourth-order valence-electron chi connectivity index (χ4n) is 2.51. The molecule has 0 heterocycles. The number of rotatable bonds is 8. The van der Waals surface area contributed by atoms with Crippen LogP contribution in [0.1, 0.15) is 32.3 Å². The van der Waals surface area contributed by atoms with Crippen LogP contribution >= 0.6 is 0 Å². The van der Waals surface area contributed by atoms with Crippen molar-refractivity contribution in [2.75, 3.05) is 21.3 Å². The third-order valence-electron chi connectivity index (χ3n) is 3.71. The standard InChI is InChI=1S/C16H27NO2/c1-6-7-12(2)14(17-3)10-13-8-9-15(18-4)16(11-13)19-5/h8-9,11-12,14,17H,6-7,10H2,1-5H3. The monoisotopic (exact) mass is 265 g/mol. The Labute approximate surface area is 117 Å². The van der Waals surface area contributed by atoms with Gasteiger partial charge in [0.05, 0.1) is 14.2 Å². The first-order chi connectivity index (χ1) is 9.15. The minimum Gasteiger partial charge on any atom is -0.493 e. The largest absolute Gasteiger partial charge is 0.493 e. The van der Waals surface area contributed by atoms with Gasteiger partial charge in [0.15, 0.2) is 11.5 Å². The zero-order valence-corrected chi connectivity index (χ0v) is 12.8. The van der Waals surface area contributed by atoms with E-state index in [0.717, 1.165) is 17.9 Å². The van der Waals surface area contributed by atoms with E-state index in [-0.39, 0.29) is 0 Å². The molecule has 1 aromatic carbocycles. The van der Waals surface area contributed by atoms with Crippen LogP contribution in [0.3, 0.4) is 0 Å². The minimum absolute atomic E-state index is 0.498. The molecule has 0 fully saturated rings. The van der Waals surface area contributed by atoms with E-state index in [9.17, 15) is 0 Å². The van der Waals surface area contributed by atoms with Gasteiger partial charge >= 0.3 is 0 Å². The number of hydrogen-bond acceptors (Lipinski definition) is 3. The number of nitrogens with one attached hydrogen (secondary N) is 1. The summed E-state index contributed by atoms with van der Waals surface area (Å²) in [6.45, 7) is 4.55. The van der Waals surface area contributed by atoms with Crippen LogP contribution in [0.2, 0.25) is 0 Å². The van der Waals surface area contributed by atoms with Crippen LogP contribution in [0.15, 0.2) is 18.2 Å². The van der Waals surface area contributed by atoms with E-state index in [4.69, 9.17) is 9.47 Å². The summed E-state index contributed by atoms with van der Waals surface area (Å²) in [6.07, 6.45) is 3.49. The molecule has 0 saturated carbocycles. The Morgan fingerprint density at radius 1 is 1.16 bits per heavy atom. The second-order valence-corrected chi connectivity index (χ2v) is 5.05. The van der Waals surface area contributed by atoms with Crippen molar-refractivity contribution < 1.29 is 9.47 Å². The summed E-state index contributed by atoms with van der Waals surface area (Å²) >= 11 is 0. The van der Waals surface area contributed by atoms with Crippen molar-refractivity contribution in [1.29, 1.82) is 0 Å². The van der Waals surface area contributed by atoms with Crippen LogP contribution in [0, 0.1) is 5.92 Å². The zero-order chi connectivity index (χ0) is 14.3. The molecule has 3 heteroatoms. The number of likely N-dealkylation sites (N-methyl/N-ethyl adjacent to an activating group) is 1. The summed E-state index contributed by atoms with van der Waals surface area (Å²) < 4.78 is 10.6. The lowest BCUT2D eigenvalue weighted by atomic mass is 9.91. The topological polar surface area (TPSA) is 30.5 Å². The average Bonchev–Trinajstić information content (AvgIpc) is 2.44. The summed E-state index contributed by atoms with van der Waals surface area (Å²) in [4.78, 5) is 0. The van der Waals surface area contributed by atoms with Gasteiger partial charge in [-0.2, -0.15) is 0 Å². The fourth-order valence-corrected chi connectivity index (χ4v) is 2.51. The van der Waals surface area contributed by atoms with E-state index in [1.807, 2.05) is 13.1 Å². The van der Waals surface area contributed by atoms with Crippen molar-refractivity contribution in [1.82, 2.24) is 5.32 Å². The average molecular weight is 265 g/mol. The van der Waals surface area contributed by atoms with Crippen molar-refractivity contribution in [2.45, 2.75) is 39.2 Å². The minimum atomic E-state index is 0.498. The van der Waals surface area contributed by atoms with Gasteiger partial charge in [0, 0.05) is 6.04 Å². The molecule has 0 amide bonds. The summed E-state index contributed by atoms with van der Waals surface area (Å²) in [6, 6.07) is 6.66. The van der Waals surface area contributed by atoms with E-state index < -0.39 is 0 Å². The Kier molecular flexibility index (Phi) is 6.71. The van der Waals surface area contributed by atoms with Gasteiger partial charge in [-0.25, -0.2) is 0 Å². The molecular weight excluding hydrogens is 238 g/mol. The van der Waals surface area contributed by atoms with Crippen molar-refractivity contribution in [3.63, 3.8) is 0 Å². The highest BCUT2D eigenvalue weighted by molar-refractivity contribution is 5.43. The molecule has 108 valence electrons. The van der Waals surface area contributed by atoms with Crippen molar-refractivity contribution in [3.8, 4) is 11.5 Å². The van der Waals surface area contributed by atoms with E-state index in [0.29, 0.717) is 12.0 Å². The number of hydrogen-bond donors (Lipinski definition) is 1. The van der Waals surface area contributed by atoms with E-state index >= 15 is 0 Å². The lowest BCUT2D eigenvalue weighted by Crippen LogP contribution is -2.34.